The SMILES string of the molecule is C=C(C)C(=O)OC(CO)C(CCC[SiH](O[Si](C)(C)C)O[Si](C)(C)C)OC. The molecule has 0 spiro atoms. The predicted octanol–water partition coefficient (Wildman–Crippen LogP) is 3.19. The first-order chi connectivity index (χ1) is 11.8. The quantitative estimate of drug-likeness (QED) is 0.279. The molecule has 0 saturated heterocycles. The van der Waals surface area contributed by atoms with Gasteiger partial charge in [0.2, 0.25) is 0 Å². The van der Waals surface area contributed by atoms with E-state index in [1.165, 1.54) is 0 Å². The Bertz CT molecular complexity index is 429. The lowest BCUT2D eigenvalue weighted by Gasteiger charge is -2.31. The van der Waals surface area contributed by atoms with Crippen molar-refractivity contribution in [2.75, 3.05) is 13.7 Å². The minimum absolute atomic E-state index is 0.283. The molecule has 2 unspecified atom stereocenters. The number of carbonyl (C=O) groups is 1. The van der Waals surface area contributed by atoms with Crippen LogP contribution in [0.15, 0.2) is 12.2 Å². The summed E-state index contributed by atoms with van der Waals surface area (Å²) in [5.74, 6) is -0.512. The second-order valence-electron chi connectivity index (χ2n) is 8.50. The van der Waals surface area contributed by atoms with Gasteiger partial charge in [0.1, 0.15) is 0 Å². The molecule has 6 nitrogen and oxygen atoms in total. The monoisotopic (exact) mass is 422 g/mol. The van der Waals surface area contributed by atoms with Crippen molar-refractivity contribution >= 4 is 31.9 Å². The van der Waals surface area contributed by atoms with Crippen LogP contribution >= 0.6 is 0 Å². The Balaban J connectivity index is 4.75. The fourth-order valence-electron chi connectivity index (χ4n) is 2.34. The molecule has 154 valence electrons. The molecular formula is C17H38O6Si3. The molecular weight excluding hydrogens is 384 g/mol. The molecule has 0 aromatic rings. The molecule has 1 N–H and O–H groups in total. The molecule has 0 amide bonds. The van der Waals surface area contributed by atoms with Gasteiger partial charge in [0.25, 0.3) is 0 Å². The molecule has 0 saturated carbocycles. The standard InChI is InChI=1S/C17H38O6Si3/c1-14(2)17(19)21-16(13-18)15(20-3)11-10-12-24(22-25(4,5)6)23-26(7,8)9/h15-16,18,24H,1,10-13H2,2-9H3. The van der Waals surface area contributed by atoms with Crippen LogP contribution in [-0.4, -0.2) is 62.9 Å². The lowest BCUT2D eigenvalue weighted by molar-refractivity contribution is -0.155. The number of rotatable bonds is 13. The fourth-order valence-corrected chi connectivity index (χ4v) is 10.8. The zero-order chi connectivity index (χ0) is 20.5. The Morgan fingerprint density at radius 2 is 1.58 bits per heavy atom. The summed E-state index contributed by atoms with van der Waals surface area (Å²) in [6.07, 6.45) is 0.446. The molecule has 0 heterocycles. The summed E-state index contributed by atoms with van der Waals surface area (Å²) >= 11 is 0. The van der Waals surface area contributed by atoms with Crippen molar-refractivity contribution in [1.82, 2.24) is 0 Å². The predicted molar refractivity (Wildman–Crippen MR) is 113 cm³/mol. The minimum Gasteiger partial charge on any atom is -0.454 e. The van der Waals surface area contributed by atoms with E-state index in [1.54, 1.807) is 14.0 Å². The molecule has 0 aliphatic carbocycles. The zero-order valence-electron chi connectivity index (χ0n) is 17.8. The topological polar surface area (TPSA) is 74.2 Å². The molecule has 0 radical (unpaired) electrons. The number of carbonyl (C=O) groups excluding carboxylic acids is 1. The number of hydrogen-bond donors (Lipinski definition) is 1. The first-order valence-corrected chi connectivity index (χ1v) is 17.7. The Labute approximate surface area is 163 Å². The van der Waals surface area contributed by atoms with Gasteiger partial charge >= 0.3 is 15.3 Å². The van der Waals surface area contributed by atoms with Crippen LogP contribution in [-0.2, 0) is 22.5 Å². The average molecular weight is 423 g/mol. The number of ether oxygens (including phenoxy) is 2. The van der Waals surface area contributed by atoms with Crippen LogP contribution in [0.1, 0.15) is 19.8 Å². The van der Waals surface area contributed by atoms with Crippen molar-refractivity contribution in [2.45, 2.75) is 77.3 Å². The fraction of sp³-hybridized carbons (Fsp3) is 0.824. The van der Waals surface area contributed by atoms with E-state index in [2.05, 4.69) is 45.9 Å². The van der Waals surface area contributed by atoms with Crippen LogP contribution < -0.4 is 0 Å². The first kappa shape index (κ1) is 25.7. The Kier molecular flexibility index (Phi) is 11.4. The second kappa shape index (κ2) is 11.5. The molecule has 0 rings (SSSR count). The van der Waals surface area contributed by atoms with Crippen molar-refractivity contribution in [3.63, 3.8) is 0 Å². The van der Waals surface area contributed by atoms with Crippen molar-refractivity contribution in [3.05, 3.63) is 12.2 Å². The maximum absolute atomic E-state index is 11.7. The van der Waals surface area contributed by atoms with Crippen molar-refractivity contribution < 1.29 is 27.6 Å². The highest BCUT2D eigenvalue weighted by atomic mass is 28.4. The van der Waals surface area contributed by atoms with E-state index in [9.17, 15) is 9.90 Å². The summed E-state index contributed by atoms with van der Waals surface area (Å²) in [5.41, 5.74) is 0.304. The van der Waals surface area contributed by atoms with Crippen LogP contribution in [0.5, 0.6) is 0 Å². The number of aliphatic hydroxyl groups excluding tert-OH is 1. The van der Waals surface area contributed by atoms with E-state index >= 15 is 0 Å². The first-order valence-electron chi connectivity index (χ1n) is 9.15. The van der Waals surface area contributed by atoms with Crippen LogP contribution in [0.2, 0.25) is 45.3 Å². The molecule has 0 fully saturated rings. The second-order valence-corrected chi connectivity index (χ2v) is 20.3. The molecule has 0 aliphatic heterocycles. The lowest BCUT2D eigenvalue weighted by atomic mass is 10.1. The summed E-state index contributed by atoms with van der Waals surface area (Å²) in [5, 5.41) is 9.56. The number of methoxy groups -OCH3 is 1. The molecule has 0 aromatic heterocycles. The highest BCUT2D eigenvalue weighted by molar-refractivity contribution is 6.81. The van der Waals surface area contributed by atoms with Crippen LogP contribution in [0.25, 0.3) is 0 Å². The smallest absolute Gasteiger partial charge is 0.333 e. The van der Waals surface area contributed by atoms with E-state index in [1.807, 2.05) is 0 Å². The summed E-state index contributed by atoms with van der Waals surface area (Å²) in [4.78, 5) is 11.7. The highest BCUT2D eigenvalue weighted by Gasteiger charge is 2.30. The molecule has 26 heavy (non-hydrogen) atoms. The molecule has 0 bridgehead atoms. The van der Waals surface area contributed by atoms with Crippen molar-refractivity contribution in [3.8, 4) is 0 Å². The third-order valence-corrected chi connectivity index (χ3v) is 12.0. The van der Waals surface area contributed by atoms with Gasteiger partial charge in [-0.2, -0.15) is 0 Å². The molecule has 0 aliphatic rings. The van der Waals surface area contributed by atoms with Gasteiger partial charge in [-0.15, -0.1) is 0 Å². The summed E-state index contributed by atoms with van der Waals surface area (Å²) in [6, 6.07) is 0.876. The van der Waals surface area contributed by atoms with Crippen LogP contribution in [0, 0.1) is 0 Å². The summed E-state index contributed by atoms with van der Waals surface area (Å²) in [7, 11) is -3.51. The van der Waals surface area contributed by atoms with Crippen LogP contribution in [0.3, 0.4) is 0 Å². The molecule has 0 aromatic carbocycles. The van der Waals surface area contributed by atoms with Gasteiger partial charge in [0, 0.05) is 12.7 Å². The third-order valence-electron chi connectivity index (χ3n) is 3.40. The van der Waals surface area contributed by atoms with Crippen LogP contribution in [0.4, 0.5) is 0 Å². The van der Waals surface area contributed by atoms with Crippen molar-refractivity contribution in [1.29, 1.82) is 0 Å². The van der Waals surface area contributed by atoms with E-state index in [0.29, 0.717) is 12.0 Å². The van der Waals surface area contributed by atoms with Gasteiger partial charge in [-0.05, 0) is 65.1 Å². The van der Waals surface area contributed by atoms with E-state index in [4.69, 9.17) is 17.7 Å². The molecule has 9 heteroatoms. The van der Waals surface area contributed by atoms with Gasteiger partial charge in [0.05, 0.1) is 12.7 Å². The van der Waals surface area contributed by atoms with Crippen molar-refractivity contribution in [2.24, 2.45) is 0 Å². The van der Waals surface area contributed by atoms with E-state index in [0.717, 1.165) is 12.5 Å². The minimum atomic E-state index is -1.76. The van der Waals surface area contributed by atoms with Gasteiger partial charge in [-0.3, -0.25) is 0 Å². The van der Waals surface area contributed by atoms with Gasteiger partial charge < -0.3 is 22.8 Å². The highest BCUT2D eigenvalue weighted by Crippen LogP contribution is 2.19. The number of aliphatic hydroxyl groups is 1. The summed E-state index contributed by atoms with van der Waals surface area (Å²) in [6.45, 7) is 17.9. The Morgan fingerprint density at radius 3 is 1.92 bits per heavy atom. The Morgan fingerprint density at radius 1 is 1.08 bits per heavy atom. The third kappa shape index (κ3) is 12.2. The number of esters is 1. The maximum Gasteiger partial charge on any atom is 0.333 e. The zero-order valence-corrected chi connectivity index (χ0v) is 20.9. The number of hydrogen-bond acceptors (Lipinski definition) is 6. The molecule has 2 atom stereocenters. The van der Waals surface area contributed by atoms with Gasteiger partial charge in [-0.1, -0.05) is 6.58 Å². The maximum atomic E-state index is 11.7. The lowest BCUT2D eigenvalue weighted by Crippen LogP contribution is -2.43. The Hall–Kier alpha value is -0.299. The van der Waals surface area contributed by atoms with Gasteiger partial charge in [0.15, 0.2) is 22.7 Å². The summed E-state index contributed by atoms with van der Waals surface area (Å²) < 4.78 is 23.4. The van der Waals surface area contributed by atoms with E-state index < -0.39 is 38.0 Å². The largest absolute Gasteiger partial charge is 0.454 e. The normalized spacial score (nSPS) is 15.0. The average Bonchev–Trinajstić information content (AvgIpc) is 2.45. The van der Waals surface area contributed by atoms with E-state index in [-0.39, 0.29) is 12.7 Å². The van der Waals surface area contributed by atoms with Gasteiger partial charge in [-0.25, -0.2) is 4.79 Å².